The molecule has 2 rings (SSSR count). The van der Waals surface area contributed by atoms with Gasteiger partial charge >= 0.3 is 0 Å². The molecule has 0 aliphatic heterocycles. The molecule has 0 atom stereocenters. The molecule has 0 saturated heterocycles. The van der Waals surface area contributed by atoms with E-state index in [1.54, 1.807) is 0 Å². The van der Waals surface area contributed by atoms with Crippen LogP contribution in [0.2, 0.25) is 0 Å². The van der Waals surface area contributed by atoms with Gasteiger partial charge in [0.2, 0.25) is 0 Å². The predicted octanol–water partition coefficient (Wildman–Crippen LogP) is 13.1. The quantitative estimate of drug-likeness (QED) is 0.0307. The number of hydrogen-bond donors (Lipinski definition) is 0. The number of aryl methyl sites for hydroxylation is 2. The van der Waals surface area contributed by atoms with Crippen LogP contribution in [0.25, 0.3) is 0 Å². The van der Waals surface area contributed by atoms with Crippen LogP contribution in [-0.4, -0.2) is 17.5 Å². The molecule has 0 spiro atoms. The highest BCUT2D eigenvalue weighted by molar-refractivity contribution is 7.79. The van der Waals surface area contributed by atoms with Crippen LogP contribution in [-0.2, 0) is 23.5 Å². The minimum Gasteiger partial charge on any atom is -0.759 e. The summed E-state index contributed by atoms with van der Waals surface area (Å²) in [5.41, 5.74) is 0. The zero-order valence-corrected chi connectivity index (χ0v) is 35.6. The molecule has 0 saturated carbocycles. The molecule has 0 fully saturated rings. The van der Waals surface area contributed by atoms with Gasteiger partial charge in [-0.3, -0.25) is 8.42 Å². The Hall–Kier alpha value is -1.83. The molecule has 0 aromatic carbocycles. The first-order valence-corrected chi connectivity index (χ1v) is 23.7. The van der Waals surface area contributed by atoms with Crippen LogP contribution >= 0.6 is 0 Å². The largest absolute Gasteiger partial charge is 0.759 e. The lowest BCUT2D eigenvalue weighted by molar-refractivity contribution is -0.697. The SMILES string of the molecule is CCCCCCCCCCCCCCCCCC[n+]1ccccc1.CCCCCCCCCCCCCCCCCC[n+]1ccccc1.O=S(=O)([O-])[O-]. The first kappa shape index (κ1) is 51.2. The van der Waals surface area contributed by atoms with Gasteiger partial charge in [-0.2, -0.15) is 0 Å². The summed E-state index contributed by atoms with van der Waals surface area (Å²) in [5, 5.41) is 0. The van der Waals surface area contributed by atoms with Gasteiger partial charge in [0.05, 0.1) is 0 Å². The molecule has 308 valence electrons. The number of rotatable bonds is 34. The van der Waals surface area contributed by atoms with Gasteiger partial charge in [0.15, 0.2) is 24.8 Å². The molecule has 2 aromatic heterocycles. The zero-order valence-electron chi connectivity index (χ0n) is 34.8. The van der Waals surface area contributed by atoms with E-state index >= 15 is 0 Å². The van der Waals surface area contributed by atoms with E-state index in [1.807, 2.05) is 0 Å². The lowest BCUT2D eigenvalue weighted by atomic mass is 10.0. The third-order valence-electron chi connectivity index (χ3n) is 10.1. The van der Waals surface area contributed by atoms with Crippen molar-refractivity contribution in [1.29, 1.82) is 0 Å². The second kappa shape index (κ2) is 41.3. The second-order valence-corrected chi connectivity index (χ2v) is 16.1. The standard InChI is InChI=1S/2C23H42N.H2O4S/c2*1-2-3-4-5-6-7-8-9-10-11-12-13-14-15-16-18-21-24-22-19-17-20-23-24;1-5(2,3)4/h2*17,19-20,22-23H,2-16,18,21H2,1H3;(H2,1,2,3,4)/q2*+1;/p-2. The summed E-state index contributed by atoms with van der Waals surface area (Å²) in [6, 6.07) is 12.6. The van der Waals surface area contributed by atoms with Gasteiger partial charge in [-0.25, -0.2) is 9.13 Å². The fourth-order valence-electron chi connectivity index (χ4n) is 6.85. The van der Waals surface area contributed by atoms with Crippen LogP contribution in [0.3, 0.4) is 0 Å². The van der Waals surface area contributed by atoms with Gasteiger partial charge in [-0.05, 0) is 12.8 Å². The number of unbranched alkanes of at least 4 members (excludes halogenated alkanes) is 30. The lowest BCUT2D eigenvalue weighted by Gasteiger charge is -2.06. The molecule has 2 aromatic rings. The van der Waals surface area contributed by atoms with Crippen molar-refractivity contribution in [2.45, 2.75) is 232 Å². The first-order chi connectivity index (χ1) is 25.9. The Morgan fingerprint density at radius 3 is 0.679 bits per heavy atom. The summed E-state index contributed by atoms with van der Waals surface area (Å²) >= 11 is 0. The van der Waals surface area contributed by atoms with Gasteiger partial charge in [0.1, 0.15) is 13.1 Å². The number of hydrogen-bond acceptors (Lipinski definition) is 4. The van der Waals surface area contributed by atoms with Crippen molar-refractivity contribution < 1.29 is 26.7 Å². The summed E-state index contributed by atoms with van der Waals surface area (Å²) in [6.07, 6.45) is 54.8. The molecule has 2 heterocycles. The van der Waals surface area contributed by atoms with Crippen molar-refractivity contribution in [3.63, 3.8) is 0 Å². The Balaban J connectivity index is 0.000000904. The highest BCUT2D eigenvalue weighted by Crippen LogP contribution is 2.15. The van der Waals surface area contributed by atoms with Crippen molar-refractivity contribution >= 4 is 10.4 Å². The van der Waals surface area contributed by atoms with Crippen molar-refractivity contribution in [2.75, 3.05) is 0 Å². The summed E-state index contributed by atoms with van der Waals surface area (Å²) in [5.74, 6) is 0. The van der Waals surface area contributed by atoms with Crippen molar-refractivity contribution in [1.82, 2.24) is 0 Å². The van der Waals surface area contributed by atoms with E-state index in [9.17, 15) is 0 Å². The average molecular weight is 761 g/mol. The van der Waals surface area contributed by atoms with Crippen LogP contribution in [0.4, 0.5) is 0 Å². The van der Waals surface area contributed by atoms with E-state index in [4.69, 9.17) is 17.5 Å². The molecular formula is C46H84N2O4S. The topological polar surface area (TPSA) is 88.0 Å². The molecule has 0 unspecified atom stereocenters. The van der Waals surface area contributed by atoms with Crippen LogP contribution in [0.5, 0.6) is 0 Å². The Labute approximate surface area is 329 Å². The van der Waals surface area contributed by atoms with Crippen LogP contribution in [0, 0.1) is 0 Å². The van der Waals surface area contributed by atoms with E-state index in [-0.39, 0.29) is 0 Å². The smallest absolute Gasteiger partial charge is 0.168 e. The van der Waals surface area contributed by atoms with Gasteiger partial charge in [-0.1, -0.05) is 206 Å². The van der Waals surface area contributed by atoms with Crippen molar-refractivity contribution in [3.8, 4) is 0 Å². The molecular weight excluding hydrogens is 677 g/mol. The predicted molar refractivity (Wildman–Crippen MR) is 223 cm³/mol. The summed E-state index contributed by atoms with van der Waals surface area (Å²) in [6.45, 7) is 6.95. The summed E-state index contributed by atoms with van der Waals surface area (Å²) < 4.78 is 38.7. The van der Waals surface area contributed by atoms with Gasteiger partial charge in [0.25, 0.3) is 0 Å². The molecule has 0 N–H and O–H groups in total. The molecule has 6 nitrogen and oxygen atoms in total. The zero-order chi connectivity index (χ0) is 38.8. The van der Waals surface area contributed by atoms with Crippen LogP contribution in [0.15, 0.2) is 61.2 Å². The van der Waals surface area contributed by atoms with E-state index in [2.05, 4.69) is 84.2 Å². The third-order valence-corrected chi connectivity index (χ3v) is 10.1. The lowest BCUT2D eigenvalue weighted by Crippen LogP contribution is -2.32. The number of aromatic nitrogens is 2. The molecule has 0 radical (unpaired) electrons. The molecule has 0 amide bonds. The third kappa shape index (κ3) is 46.2. The Morgan fingerprint density at radius 2 is 0.491 bits per heavy atom. The minimum atomic E-state index is -5.17. The van der Waals surface area contributed by atoms with Gasteiger partial charge in [-0.15, -0.1) is 0 Å². The van der Waals surface area contributed by atoms with E-state index < -0.39 is 10.4 Å². The maximum atomic E-state index is 8.52. The Kier molecular flexibility index (Phi) is 39.9. The molecule has 7 heteroatoms. The maximum Gasteiger partial charge on any atom is 0.168 e. The highest BCUT2D eigenvalue weighted by Gasteiger charge is 2.00. The minimum absolute atomic E-state index is 1.18. The van der Waals surface area contributed by atoms with E-state index in [0.29, 0.717) is 0 Å². The van der Waals surface area contributed by atoms with Gasteiger partial charge in [0, 0.05) is 47.5 Å². The number of pyridine rings is 2. The summed E-state index contributed by atoms with van der Waals surface area (Å²) in [7, 11) is -5.17. The molecule has 53 heavy (non-hydrogen) atoms. The Bertz CT molecular complexity index is 990. The van der Waals surface area contributed by atoms with Gasteiger partial charge < -0.3 is 9.11 Å². The average Bonchev–Trinajstić information content (AvgIpc) is 3.15. The number of nitrogens with zero attached hydrogens (tertiary/aromatic N) is 2. The normalized spacial score (nSPS) is 11.1. The highest BCUT2D eigenvalue weighted by atomic mass is 32.3. The molecule has 0 bridgehead atoms. The first-order valence-electron chi connectivity index (χ1n) is 22.4. The monoisotopic (exact) mass is 761 g/mol. The van der Waals surface area contributed by atoms with Crippen LogP contribution < -0.4 is 9.13 Å². The molecule has 0 aliphatic carbocycles. The van der Waals surface area contributed by atoms with E-state index in [0.717, 1.165) is 0 Å². The second-order valence-electron chi connectivity index (χ2n) is 15.2. The van der Waals surface area contributed by atoms with Crippen molar-refractivity contribution in [2.24, 2.45) is 0 Å². The Morgan fingerprint density at radius 1 is 0.321 bits per heavy atom. The van der Waals surface area contributed by atoms with Crippen LogP contribution in [0.1, 0.15) is 219 Å². The summed E-state index contributed by atoms with van der Waals surface area (Å²) in [4.78, 5) is 0. The molecule has 0 aliphatic rings. The van der Waals surface area contributed by atoms with E-state index in [1.165, 1.54) is 219 Å². The fraction of sp³-hybridized carbons (Fsp3) is 0.783. The maximum absolute atomic E-state index is 8.52. The van der Waals surface area contributed by atoms with Crippen molar-refractivity contribution in [3.05, 3.63) is 61.2 Å². The fourth-order valence-corrected chi connectivity index (χ4v) is 6.85.